The number of non-ortho nitro benzene ring substituents is 1. The van der Waals surface area contributed by atoms with Gasteiger partial charge in [-0.1, -0.05) is 0 Å². The fourth-order valence-electron chi connectivity index (χ4n) is 2.50. The van der Waals surface area contributed by atoms with Crippen molar-refractivity contribution in [1.82, 2.24) is 0 Å². The van der Waals surface area contributed by atoms with Gasteiger partial charge in [-0.25, -0.2) is 0 Å². The van der Waals surface area contributed by atoms with Crippen LogP contribution in [0.4, 0.5) is 11.4 Å². The summed E-state index contributed by atoms with van der Waals surface area (Å²) in [7, 11) is 0. The van der Waals surface area contributed by atoms with Crippen molar-refractivity contribution in [1.29, 1.82) is 0 Å². The Labute approximate surface area is 117 Å². The van der Waals surface area contributed by atoms with Gasteiger partial charge in [-0.2, -0.15) is 0 Å². The van der Waals surface area contributed by atoms with Gasteiger partial charge in [0, 0.05) is 30.9 Å². The molecule has 0 radical (unpaired) electrons. The van der Waals surface area contributed by atoms with Gasteiger partial charge in [0.25, 0.3) is 5.69 Å². The smallest absolute Gasteiger partial charge is 0.309 e. The zero-order chi connectivity index (χ0) is 14.9. The van der Waals surface area contributed by atoms with Gasteiger partial charge in [0.15, 0.2) is 0 Å². The average Bonchev–Trinajstić information content (AvgIpc) is 2.38. The first kappa shape index (κ1) is 14.3. The summed E-state index contributed by atoms with van der Waals surface area (Å²) in [5.74, 6) is -0.771. The molecule has 0 atom stereocenters. The van der Waals surface area contributed by atoms with Crippen molar-refractivity contribution in [2.45, 2.75) is 26.7 Å². The largest absolute Gasteiger partial charge is 0.481 e. The number of rotatable bonds is 3. The summed E-state index contributed by atoms with van der Waals surface area (Å²) >= 11 is 0. The molecule has 2 rings (SSSR count). The van der Waals surface area contributed by atoms with E-state index in [4.69, 9.17) is 0 Å². The Morgan fingerprint density at radius 1 is 1.35 bits per heavy atom. The van der Waals surface area contributed by atoms with Gasteiger partial charge in [0.2, 0.25) is 0 Å². The summed E-state index contributed by atoms with van der Waals surface area (Å²) < 4.78 is 0. The fraction of sp³-hybridized carbons (Fsp3) is 0.500. The molecular formula is C14H18N2O4. The zero-order valence-electron chi connectivity index (χ0n) is 11.6. The molecule has 0 saturated carbocycles. The number of anilines is 1. The summed E-state index contributed by atoms with van der Waals surface area (Å²) in [4.78, 5) is 23.7. The second-order valence-electron chi connectivity index (χ2n) is 5.64. The van der Waals surface area contributed by atoms with E-state index in [0.29, 0.717) is 25.9 Å². The maximum Gasteiger partial charge on any atom is 0.309 e. The van der Waals surface area contributed by atoms with Crippen LogP contribution in [0.1, 0.15) is 25.3 Å². The number of aliphatic carboxylic acids is 1. The highest BCUT2D eigenvalue weighted by Gasteiger charge is 2.37. The van der Waals surface area contributed by atoms with Crippen molar-refractivity contribution < 1.29 is 14.8 Å². The van der Waals surface area contributed by atoms with Crippen LogP contribution in [0.15, 0.2) is 18.2 Å². The third-order valence-corrected chi connectivity index (χ3v) is 4.01. The van der Waals surface area contributed by atoms with Crippen LogP contribution in [-0.4, -0.2) is 29.1 Å². The van der Waals surface area contributed by atoms with Crippen LogP contribution in [0, 0.1) is 22.5 Å². The minimum absolute atomic E-state index is 0.0755. The fourth-order valence-corrected chi connectivity index (χ4v) is 2.50. The van der Waals surface area contributed by atoms with E-state index >= 15 is 0 Å². The lowest BCUT2D eigenvalue weighted by molar-refractivity contribution is -0.384. The first-order valence-electron chi connectivity index (χ1n) is 6.56. The second-order valence-corrected chi connectivity index (χ2v) is 5.64. The number of nitro benzene ring substituents is 1. The van der Waals surface area contributed by atoms with Crippen molar-refractivity contribution >= 4 is 17.3 Å². The van der Waals surface area contributed by atoms with Gasteiger partial charge in [-0.05, 0) is 38.3 Å². The molecule has 6 nitrogen and oxygen atoms in total. The van der Waals surface area contributed by atoms with Gasteiger partial charge in [0.05, 0.1) is 10.3 Å². The number of nitrogens with zero attached hydrogens (tertiary/aromatic N) is 2. The number of hydrogen-bond donors (Lipinski definition) is 1. The van der Waals surface area contributed by atoms with Crippen LogP contribution in [-0.2, 0) is 4.79 Å². The Bertz CT molecular complexity index is 548. The zero-order valence-corrected chi connectivity index (χ0v) is 11.6. The number of carbonyl (C=O) groups is 1. The van der Waals surface area contributed by atoms with Crippen molar-refractivity contribution in [2.24, 2.45) is 5.41 Å². The van der Waals surface area contributed by atoms with Crippen LogP contribution in [0.2, 0.25) is 0 Å². The van der Waals surface area contributed by atoms with E-state index in [1.807, 2.05) is 17.9 Å². The van der Waals surface area contributed by atoms with Gasteiger partial charge in [-0.3, -0.25) is 14.9 Å². The number of carboxylic acids is 1. The van der Waals surface area contributed by atoms with Crippen molar-refractivity contribution in [3.05, 3.63) is 33.9 Å². The normalized spacial score (nSPS) is 17.8. The van der Waals surface area contributed by atoms with E-state index in [1.165, 1.54) is 6.07 Å². The van der Waals surface area contributed by atoms with Crippen LogP contribution >= 0.6 is 0 Å². The summed E-state index contributed by atoms with van der Waals surface area (Å²) in [5, 5.41) is 20.1. The Balaban J connectivity index is 2.19. The third-order valence-electron chi connectivity index (χ3n) is 4.01. The van der Waals surface area contributed by atoms with Crippen LogP contribution in [0.25, 0.3) is 0 Å². The molecule has 0 aromatic heterocycles. The first-order chi connectivity index (χ1) is 9.32. The highest BCUT2D eigenvalue weighted by atomic mass is 16.6. The van der Waals surface area contributed by atoms with Crippen molar-refractivity contribution in [3.8, 4) is 0 Å². The van der Waals surface area contributed by atoms with Gasteiger partial charge >= 0.3 is 5.97 Å². The third kappa shape index (κ3) is 2.74. The molecular weight excluding hydrogens is 260 g/mol. The maximum absolute atomic E-state index is 11.2. The lowest BCUT2D eigenvalue weighted by atomic mass is 9.80. The van der Waals surface area contributed by atoms with Gasteiger partial charge < -0.3 is 10.0 Å². The number of carboxylic acid groups (broad SMARTS) is 1. The van der Waals surface area contributed by atoms with Gasteiger partial charge in [-0.15, -0.1) is 0 Å². The number of hydrogen-bond acceptors (Lipinski definition) is 4. The average molecular weight is 278 g/mol. The summed E-state index contributed by atoms with van der Waals surface area (Å²) in [6.45, 7) is 4.78. The molecule has 0 spiro atoms. The van der Waals surface area contributed by atoms with E-state index < -0.39 is 16.3 Å². The molecule has 1 aromatic rings. The second kappa shape index (κ2) is 5.11. The van der Waals surface area contributed by atoms with Crippen LogP contribution in [0.3, 0.4) is 0 Å². The topological polar surface area (TPSA) is 83.7 Å². The number of aryl methyl sites for hydroxylation is 1. The minimum Gasteiger partial charge on any atom is -0.481 e. The molecule has 0 unspecified atom stereocenters. The van der Waals surface area contributed by atoms with Gasteiger partial charge in [0.1, 0.15) is 0 Å². The standard InChI is InChI=1S/C14H18N2O4/c1-10-7-11(9-12(8-10)16(19)20)15-5-3-14(2,4-6-15)13(17)18/h7-9H,3-6H2,1-2H3,(H,17,18). The van der Waals surface area contributed by atoms with E-state index in [2.05, 4.69) is 0 Å². The molecule has 1 fully saturated rings. The highest BCUT2D eigenvalue weighted by molar-refractivity contribution is 5.74. The molecule has 1 aliphatic rings. The number of benzene rings is 1. The summed E-state index contributed by atoms with van der Waals surface area (Å²) in [5.41, 5.74) is 1.02. The summed E-state index contributed by atoms with van der Waals surface area (Å²) in [6, 6.07) is 4.99. The Kier molecular flexibility index (Phi) is 3.65. The molecule has 1 aliphatic heterocycles. The van der Waals surface area contributed by atoms with E-state index in [1.54, 1.807) is 13.0 Å². The lowest BCUT2D eigenvalue weighted by Gasteiger charge is -2.37. The van der Waals surface area contributed by atoms with E-state index in [-0.39, 0.29) is 5.69 Å². The Morgan fingerprint density at radius 3 is 2.45 bits per heavy atom. The Morgan fingerprint density at radius 2 is 1.95 bits per heavy atom. The minimum atomic E-state index is -0.771. The molecule has 108 valence electrons. The molecule has 0 aliphatic carbocycles. The molecule has 6 heteroatoms. The molecule has 1 N–H and O–H groups in total. The molecule has 0 bridgehead atoms. The predicted octanol–water partition coefficient (Wildman–Crippen LogP) is 2.59. The lowest BCUT2D eigenvalue weighted by Crippen LogP contribution is -2.42. The van der Waals surface area contributed by atoms with Crippen molar-refractivity contribution in [2.75, 3.05) is 18.0 Å². The molecule has 1 aromatic carbocycles. The summed E-state index contributed by atoms with van der Waals surface area (Å²) in [6.07, 6.45) is 1.09. The Hall–Kier alpha value is -2.11. The highest BCUT2D eigenvalue weighted by Crippen LogP contribution is 2.34. The molecule has 1 saturated heterocycles. The quantitative estimate of drug-likeness (QED) is 0.678. The van der Waals surface area contributed by atoms with Crippen molar-refractivity contribution in [3.63, 3.8) is 0 Å². The maximum atomic E-state index is 11.2. The first-order valence-corrected chi connectivity index (χ1v) is 6.56. The SMILES string of the molecule is Cc1cc(N2CCC(C)(C(=O)O)CC2)cc([N+](=O)[O-])c1. The number of nitro groups is 1. The number of piperidine rings is 1. The molecule has 0 amide bonds. The molecule has 20 heavy (non-hydrogen) atoms. The predicted molar refractivity (Wildman–Crippen MR) is 75.0 cm³/mol. The molecule has 1 heterocycles. The monoisotopic (exact) mass is 278 g/mol. The van der Waals surface area contributed by atoms with E-state index in [9.17, 15) is 20.0 Å². The van der Waals surface area contributed by atoms with Crippen LogP contribution < -0.4 is 4.90 Å². The van der Waals surface area contributed by atoms with Crippen LogP contribution in [0.5, 0.6) is 0 Å². The van der Waals surface area contributed by atoms with E-state index in [0.717, 1.165) is 11.3 Å².